The maximum absolute atomic E-state index is 12.9. The molecule has 1 fully saturated rings. The van der Waals surface area contributed by atoms with Crippen molar-refractivity contribution in [1.29, 1.82) is 0 Å². The van der Waals surface area contributed by atoms with Crippen molar-refractivity contribution in [3.63, 3.8) is 0 Å². The average Bonchev–Trinajstić information content (AvgIpc) is 2.79. The van der Waals surface area contributed by atoms with Gasteiger partial charge in [-0.3, -0.25) is 4.79 Å². The zero-order valence-corrected chi connectivity index (χ0v) is 20.5. The largest absolute Gasteiger partial charge is 0.481 e. The highest BCUT2D eigenvalue weighted by Crippen LogP contribution is 2.35. The molecule has 33 heavy (non-hydrogen) atoms. The number of halogens is 1. The minimum Gasteiger partial charge on any atom is -0.481 e. The Balaban J connectivity index is 1.57. The van der Waals surface area contributed by atoms with Crippen LogP contribution in [-0.2, 0) is 14.6 Å². The van der Waals surface area contributed by atoms with Crippen molar-refractivity contribution in [2.24, 2.45) is 0 Å². The van der Waals surface area contributed by atoms with E-state index in [2.05, 4.69) is 18.0 Å². The Labute approximate surface area is 199 Å². The molecule has 3 aromatic rings. The molecule has 0 saturated carbocycles. The van der Waals surface area contributed by atoms with E-state index in [9.17, 15) is 13.2 Å². The number of ether oxygens (including phenoxy) is 1. The van der Waals surface area contributed by atoms with Gasteiger partial charge in [0.1, 0.15) is 10.9 Å². The molecule has 1 amide bonds. The number of hydrogen-bond donors (Lipinski definition) is 0. The van der Waals surface area contributed by atoms with Crippen LogP contribution in [0.3, 0.4) is 0 Å². The summed E-state index contributed by atoms with van der Waals surface area (Å²) in [5.41, 5.74) is 3.19. The van der Waals surface area contributed by atoms with Gasteiger partial charge in [0.05, 0.1) is 5.25 Å². The van der Waals surface area contributed by atoms with Gasteiger partial charge in [-0.05, 0) is 61.4 Å². The van der Waals surface area contributed by atoms with E-state index in [0.717, 1.165) is 27.5 Å². The smallest absolute Gasteiger partial charge is 0.263 e. The molecule has 1 aliphatic rings. The van der Waals surface area contributed by atoms with E-state index in [4.69, 9.17) is 16.3 Å². The number of pyridine rings is 1. The van der Waals surface area contributed by atoms with E-state index in [1.807, 2.05) is 30.3 Å². The SMILES string of the molecule is Cc1ccccc1-c1cnc(Cl)c2cc(O[C@H](C)C(=O)N3CCCC(S(C)(=O)=O)C3)ccc12. The summed E-state index contributed by atoms with van der Waals surface area (Å²) in [4.78, 5) is 18.9. The predicted octanol–water partition coefficient (Wildman–Crippen LogP) is 4.67. The van der Waals surface area contributed by atoms with Crippen LogP contribution in [-0.4, -0.2) is 54.9 Å². The topological polar surface area (TPSA) is 76.6 Å². The van der Waals surface area contributed by atoms with Crippen molar-refractivity contribution >= 4 is 38.1 Å². The number of rotatable bonds is 5. The zero-order chi connectivity index (χ0) is 23.8. The number of nitrogens with zero attached hydrogens (tertiary/aromatic N) is 2. The highest BCUT2D eigenvalue weighted by Gasteiger charge is 2.32. The van der Waals surface area contributed by atoms with E-state index in [1.54, 1.807) is 24.1 Å². The van der Waals surface area contributed by atoms with Crippen LogP contribution in [0.2, 0.25) is 5.15 Å². The second-order valence-electron chi connectivity index (χ2n) is 8.62. The van der Waals surface area contributed by atoms with Crippen molar-refractivity contribution in [3.05, 3.63) is 59.4 Å². The van der Waals surface area contributed by atoms with Crippen LogP contribution in [0, 0.1) is 6.92 Å². The normalized spacial score (nSPS) is 17.7. The molecular formula is C25H27ClN2O4S. The van der Waals surface area contributed by atoms with E-state index in [0.29, 0.717) is 30.3 Å². The van der Waals surface area contributed by atoms with Crippen LogP contribution in [0.25, 0.3) is 21.9 Å². The number of hydrogen-bond acceptors (Lipinski definition) is 5. The molecule has 0 radical (unpaired) electrons. The summed E-state index contributed by atoms with van der Waals surface area (Å²) in [6.45, 7) is 4.47. The van der Waals surface area contributed by atoms with Crippen molar-refractivity contribution < 1.29 is 17.9 Å². The van der Waals surface area contributed by atoms with Crippen LogP contribution in [0.15, 0.2) is 48.7 Å². The molecule has 1 unspecified atom stereocenters. The van der Waals surface area contributed by atoms with Crippen LogP contribution in [0.1, 0.15) is 25.3 Å². The summed E-state index contributed by atoms with van der Waals surface area (Å²) < 4.78 is 29.8. The molecule has 174 valence electrons. The van der Waals surface area contributed by atoms with Gasteiger partial charge in [0.15, 0.2) is 15.9 Å². The first-order valence-corrected chi connectivity index (χ1v) is 13.3. The van der Waals surface area contributed by atoms with Gasteiger partial charge in [0.2, 0.25) is 0 Å². The maximum atomic E-state index is 12.9. The minimum absolute atomic E-state index is 0.207. The Morgan fingerprint density at radius 3 is 2.67 bits per heavy atom. The van der Waals surface area contributed by atoms with Gasteiger partial charge in [-0.25, -0.2) is 13.4 Å². The van der Waals surface area contributed by atoms with Crippen LogP contribution in [0.5, 0.6) is 5.75 Å². The number of amides is 1. The van der Waals surface area contributed by atoms with Crippen LogP contribution < -0.4 is 4.74 Å². The second-order valence-corrected chi connectivity index (χ2v) is 11.3. The lowest BCUT2D eigenvalue weighted by atomic mass is 9.97. The lowest BCUT2D eigenvalue weighted by molar-refractivity contribution is -0.138. The zero-order valence-electron chi connectivity index (χ0n) is 18.9. The fourth-order valence-corrected chi connectivity index (χ4v) is 5.60. The van der Waals surface area contributed by atoms with Crippen molar-refractivity contribution in [1.82, 2.24) is 9.88 Å². The monoisotopic (exact) mass is 486 g/mol. The molecule has 1 aromatic heterocycles. The van der Waals surface area contributed by atoms with E-state index >= 15 is 0 Å². The summed E-state index contributed by atoms with van der Waals surface area (Å²) in [5.74, 6) is 0.284. The summed E-state index contributed by atoms with van der Waals surface area (Å²) >= 11 is 6.41. The lowest BCUT2D eigenvalue weighted by Crippen LogP contribution is -2.49. The highest BCUT2D eigenvalue weighted by atomic mass is 35.5. The summed E-state index contributed by atoms with van der Waals surface area (Å²) in [5, 5.41) is 1.53. The van der Waals surface area contributed by atoms with E-state index < -0.39 is 21.2 Å². The van der Waals surface area contributed by atoms with Gasteiger partial charge < -0.3 is 9.64 Å². The van der Waals surface area contributed by atoms with Crippen molar-refractivity contribution in [3.8, 4) is 16.9 Å². The Morgan fingerprint density at radius 1 is 1.18 bits per heavy atom. The number of aryl methyl sites for hydroxylation is 1. The van der Waals surface area contributed by atoms with Gasteiger partial charge in [0, 0.05) is 36.5 Å². The molecule has 2 heterocycles. The molecule has 2 aromatic carbocycles. The van der Waals surface area contributed by atoms with Crippen LogP contribution >= 0.6 is 11.6 Å². The summed E-state index contributed by atoms with van der Waals surface area (Å²) in [7, 11) is -3.19. The molecule has 8 heteroatoms. The fraction of sp³-hybridized carbons (Fsp3) is 0.360. The molecule has 4 rings (SSSR count). The first-order chi connectivity index (χ1) is 15.6. The third kappa shape index (κ3) is 4.99. The van der Waals surface area contributed by atoms with E-state index in [-0.39, 0.29) is 12.5 Å². The van der Waals surface area contributed by atoms with Gasteiger partial charge >= 0.3 is 0 Å². The quantitative estimate of drug-likeness (QED) is 0.490. The summed E-state index contributed by atoms with van der Waals surface area (Å²) in [6.07, 6.45) is 3.48. The Bertz CT molecular complexity index is 1310. The third-order valence-corrected chi connectivity index (χ3v) is 8.10. The molecular weight excluding hydrogens is 460 g/mol. The van der Waals surface area contributed by atoms with Gasteiger partial charge in [-0.2, -0.15) is 0 Å². The molecule has 1 saturated heterocycles. The molecule has 1 aliphatic heterocycles. The minimum atomic E-state index is -3.19. The molecule has 6 nitrogen and oxygen atoms in total. The van der Waals surface area contributed by atoms with E-state index in [1.165, 1.54) is 6.26 Å². The number of benzene rings is 2. The number of carbonyl (C=O) groups is 1. The second kappa shape index (κ2) is 9.31. The molecule has 0 bridgehead atoms. The number of fused-ring (bicyclic) bond motifs is 1. The van der Waals surface area contributed by atoms with Gasteiger partial charge in [-0.1, -0.05) is 35.9 Å². The third-order valence-electron chi connectivity index (χ3n) is 6.20. The van der Waals surface area contributed by atoms with Crippen molar-refractivity contribution in [2.75, 3.05) is 19.3 Å². The summed E-state index contributed by atoms with van der Waals surface area (Å²) in [6, 6.07) is 13.6. The average molecular weight is 487 g/mol. The Hall–Kier alpha value is -2.64. The number of sulfone groups is 1. The molecule has 0 aliphatic carbocycles. The Morgan fingerprint density at radius 2 is 1.94 bits per heavy atom. The van der Waals surface area contributed by atoms with Crippen LogP contribution in [0.4, 0.5) is 0 Å². The molecule has 0 N–H and O–H groups in total. The number of likely N-dealkylation sites (tertiary alicyclic amines) is 1. The number of aromatic nitrogens is 1. The van der Waals surface area contributed by atoms with Gasteiger partial charge in [0.25, 0.3) is 5.91 Å². The maximum Gasteiger partial charge on any atom is 0.263 e. The first kappa shape index (κ1) is 23.5. The number of carbonyl (C=O) groups excluding carboxylic acids is 1. The molecule has 2 atom stereocenters. The Kier molecular flexibility index (Phi) is 6.64. The highest BCUT2D eigenvalue weighted by molar-refractivity contribution is 7.91. The lowest BCUT2D eigenvalue weighted by Gasteiger charge is -2.33. The number of piperidine rings is 1. The standard InChI is InChI=1S/C25H27ClN2O4S/c1-16-7-4-5-9-20(16)23-14-27-24(26)22-13-18(10-11-21(22)23)32-17(2)25(29)28-12-6-8-19(15-28)33(3,30)31/h4-5,7,9-11,13-14,17,19H,6,8,12,15H2,1-3H3/t17-,19?/m1/s1. The van der Waals surface area contributed by atoms with Crippen molar-refractivity contribution in [2.45, 2.75) is 38.0 Å². The van der Waals surface area contributed by atoms with Gasteiger partial charge in [-0.15, -0.1) is 0 Å². The first-order valence-electron chi connectivity index (χ1n) is 10.9. The fourth-order valence-electron chi connectivity index (χ4n) is 4.35. The molecule has 0 spiro atoms. The predicted molar refractivity (Wildman–Crippen MR) is 131 cm³/mol.